The van der Waals surface area contributed by atoms with E-state index in [0.29, 0.717) is 33.7 Å². The van der Waals surface area contributed by atoms with Crippen LogP contribution in [0.1, 0.15) is 16.7 Å². The number of rotatable bonds is 8. The number of carbonyl (C=O) groups excluding carboxylic acids is 2. The smallest absolute Gasteiger partial charge is 0.293 e. The van der Waals surface area contributed by atoms with Gasteiger partial charge in [-0.2, -0.15) is 0 Å². The summed E-state index contributed by atoms with van der Waals surface area (Å²) in [6.45, 7) is 2.60. The average molecular weight is 514 g/mol. The highest BCUT2D eigenvalue weighted by Crippen LogP contribution is 2.38. The minimum absolute atomic E-state index is 0.142. The molecule has 0 bridgehead atoms. The molecule has 0 aromatic heterocycles. The fourth-order valence-electron chi connectivity index (χ4n) is 3.36. The Kier molecular flexibility index (Phi) is 7.83. The van der Waals surface area contributed by atoms with Crippen LogP contribution in [0, 0.1) is 6.92 Å². The van der Waals surface area contributed by atoms with E-state index in [0.717, 1.165) is 22.9 Å². The molecule has 1 saturated heterocycles. The lowest BCUT2D eigenvalue weighted by Crippen LogP contribution is -2.32. The molecule has 3 aromatic rings. The zero-order chi connectivity index (χ0) is 24.1. The molecule has 5 nitrogen and oxygen atoms in total. The van der Waals surface area contributed by atoms with Crippen molar-refractivity contribution in [3.8, 4) is 11.5 Å². The van der Waals surface area contributed by atoms with Gasteiger partial charge in [0.15, 0.2) is 0 Å². The molecule has 1 aliphatic heterocycles. The number of ether oxygens (including phenoxy) is 2. The minimum Gasteiger partial charge on any atom is -0.492 e. The number of hydrogen-bond donors (Lipinski definition) is 0. The Balaban J connectivity index is 1.48. The highest BCUT2D eigenvalue weighted by atomic mass is 35.5. The van der Waals surface area contributed by atoms with Crippen LogP contribution in [0.5, 0.6) is 11.5 Å². The molecule has 3 aromatic carbocycles. The fourth-order valence-corrected chi connectivity index (χ4v) is 4.78. The topological polar surface area (TPSA) is 55.8 Å². The molecule has 8 heteroatoms. The highest BCUT2D eigenvalue weighted by molar-refractivity contribution is 8.18. The molecule has 1 heterocycles. The Morgan fingerprint density at radius 3 is 2.53 bits per heavy atom. The molecule has 174 valence electrons. The maximum absolute atomic E-state index is 12.9. The van der Waals surface area contributed by atoms with Crippen LogP contribution in [-0.4, -0.2) is 29.2 Å². The number of halogens is 2. The summed E-state index contributed by atoms with van der Waals surface area (Å²) in [5, 5.41) is 0.360. The average Bonchev–Trinajstić information content (AvgIpc) is 3.06. The molecule has 0 spiro atoms. The molecular weight excluding hydrogens is 493 g/mol. The molecule has 0 atom stereocenters. The van der Waals surface area contributed by atoms with E-state index < -0.39 is 5.91 Å². The van der Waals surface area contributed by atoms with Crippen LogP contribution in [0.15, 0.2) is 71.6 Å². The van der Waals surface area contributed by atoms with Crippen molar-refractivity contribution in [1.29, 1.82) is 0 Å². The first-order valence-corrected chi connectivity index (χ1v) is 12.1. The van der Waals surface area contributed by atoms with Gasteiger partial charge in [-0.15, -0.1) is 0 Å². The molecule has 0 unspecified atom stereocenters. The lowest BCUT2D eigenvalue weighted by atomic mass is 10.1. The van der Waals surface area contributed by atoms with Gasteiger partial charge in [-0.25, -0.2) is 0 Å². The lowest BCUT2D eigenvalue weighted by Gasteiger charge is -2.14. The quantitative estimate of drug-likeness (QED) is 0.303. The number of nitrogens with zero attached hydrogens (tertiary/aromatic N) is 1. The number of thioether (sulfide) groups is 1. The third kappa shape index (κ3) is 5.95. The predicted octanol–water partition coefficient (Wildman–Crippen LogP) is 7.00. The molecule has 0 saturated carbocycles. The Hall–Kier alpha value is -2.93. The van der Waals surface area contributed by atoms with Crippen LogP contribution in [0.2, 0.25) is 10.0 Å². The van der Waals surface area contributed by atoms with Gasteiger partial charge in [-0.05, 0) is 60.2 Å². The fraction of sp³-hybridized carbons (Fsp3) is 0.154. The molecule has 34 heavy (non-hydrogen) atoms. The van der Waals surface area contributed by atoms with E-state index >= 15 is 0 Å². The largest absolute Gasteiger partial charge is 0.492 e. The van der Waals surface area contributed by atoms with E-state index in [1.165, 1.54) is 4.90 Å². The summed E-state index contributed by atoms with van der Waals surface area (Å²) >= 11 is 13.5. The minimum atomic E-state index is -0.395. The summed E-state index contributed by atoms with van der Waals surface area (Å²) in [4.78, 5) is 26.9. The number of amides is 2. The first-order chi connectivity index (χ1) is 16.4. The van der Waals surface area contributed by atoms with E-state index in [2.05, 4.69) is 0 Å². The normalized spacial score (nSPS) is 14.7. The van der Waals surface area contributed by atoms with Gasteiger partial charge in [-0.1, -0.05) is 65.7 Å². The second kappa shape index (κ2) is 11.0. The number of carbonyl (C=O) groups is 2. The number of aryl methyl sites for hydroxylation is 1. The molecular formula is C26H21Cl2NO4S. The molecule has 4 rings (SSSR count). The van der Waals surface area contributed by atoms with Crippen molar-refractivity contribution in [2.45, 2.75) is 13.5 Å². The van der Waals surface area contributed by atoms with Crippen molar-refractivity contribution >= 4 is 52.2 Å². The monoisotopic (exact) mass is 513 g/mol. The molecule has 0 N–H and O–H groups in total. The summed E-state index contributed by atoms with van der Waals surface area (Å²) < 4.78 is 11.7. The van der Waals surface area contributed by atoms with Crippen molar-refractivity contribution in [1.82, 2.24) is 4.90 Å². The van der Waals surface area contributed by atoms with Gasteiger partial charge in [-0.3, -0.25) is 14.5 Å². The van der Waals surface area contributed by atoms with Gasteiger partial charge in [0.2, 0.25) is 0 Å². The van der Waals surface area contributed by atoms with Gasteiger partial charge in [0.25, 0.3) is 11.1 Å². The Labute approximate surface area is 212 Å². The van der Waals surface area contributed by atoms with Gasteiger partial charge in [0.05, 0.1) is 16.5 Å². The zero-order valence-corrected chi connectivity index (χ0v) is 20.6. The van der Waals surface area contributed by atoms with E-state index in [-0.39, 0.29) is 23.3 Å². The first-order valence-electron chi connectivity index (χ1n) is 10.5. The van der Waals surface area contributed by atoms with Crippen molar-refractivity contribution in [2.24, 2.45) is 0 Å². The zero-order valence-electron chi connectivity index (χ0n) is 18.3. The summed E-state index contributed by atoms with van der Waals surface area (Å²) in [6.07, 6.45) is 1.59. The third-order valence-electron chi connectivity index (χ3n) is 5.00. The van der Waals surface area contributed by atoms with Crippen molar-refractivity contribution in [3.05, 3.63) is 98.4 Å². The van der Waals surface area contributed by atoms with Crippen LogP contribution in [0.25, 0.3) is 6.08 Å². The molecule has 1 fully saturated rings. The van der Waals surface area contributed by atoms with E-state index in [1.807, 2.05) is 61.5 Å². The predicted molar refractivity (Wildman–Crippen MR) is 137 cm³/mol. The Bertz CT molecular complexity index is 1250. The van der Waals surface area contributed by atoms with Gasteiger partial charge in [0.1, 0.15) is 24.7 Å². The Morgan fingerprint density at radius 1 is 0.971 bits per heavy atom. The maximum atomic E-state index is 12.9. The second-order valence-electron chi connectivity index (χ2n) is 7.58. The van der Waals surface area contributed by atoms with Crippen LogP contribution in [-0.2, 0) is 11.4 Å². The Morgan fingerprint density at radius 2 is 1.76 bits per heavy atom. The highest BCUT2D eigenvalue weighted by Gasteiger charge is 2.35. The number of imide groups is 1. The number of benzene rings is 3. The number of hydrogen-bond acceptors (Lipinski definition) is 5. The van der Waals surface area contributed by atoms with E-state index in [4.69, 9.17) is 32.7 Å². The van der Waals surface area contributed by atoms with Crippen molar-refractivity contribution < 1.29 is 19.1 Å². The molecule has 2 amide bonds. The molecule has 0 radical (unpaired) electrons. The molecule has 1 aliphatic rings. The standard InChI is InChI=1S/C26H21Cl2NO4S/c1-17-6-5-9-21(12-17)32-11-10-29-25(30)23(34-26(29)31)14-19-13-20(27)15-22(28)24(19)33-16-18-7-3-2-4-8-18/h2-9,12-15H,10-11,16H2,1H3/b23-14-. The molecule has 0 aliphatic carbocycles. The van der Waals surface area contributed by atoms with Crippen LogP contribution < -0.4 is 9.47 Å². The summed E-state index contributed by atoms with van der Waals surface area (Å²) in [5.74, 6) is 0.689. The second-order valence-corrected chi connectivity index (χ2v) is 9.42. The van der Waals surface area contributed by atoms with Crippen molar-refractivity contribution in [3.63, 3.8) is 0 Å². The third-order valence-corrected chi connectivity index (χ3v) is 6.40. The van der Waals surface area contributed by atoms with Gasteiger partial charge in [0, 0.05) is 10.6 Å². The van der Waals surface area contributed by atoms with Gasteiger partial charge < -0.3 is 9.47 Å². The van der Waals surface area contributed by atoms with Crippen LogP contribution in [0.3, 0.4) is 0 Å². The summed E-state index contributed by atoms with van der Waals surface area (Å²) in [5.41, 5.74) is 2.56. The summed E-state index contributed by atoms with van der Waals surface area (Å²) in [6, 6.07) is 20.5. The van der Waals surface area contributed by atoms with Crippen LogP contribution >= 0.6 is 35.0 Å². The van der Waals surface area contributed by atoms with Crippen molar-refractivity contribution in [2.75, 3.05) is 13.2 Å². The summed E-state index contributed by atoms with van der Waals surface area (Å²) in [7, 11) is 0. The van der Waals surface area contributed by atoms with Crippen LogP contribution in [0.4, 0.5) is 4.79 Å². The van der Waals surface area contributed by atoms with E-state index in [1.54, 1.807) is 18.2 Å². The lowest BCUT2D eigenvalue weighted by molar-refractivity contribution is -0.123. The van der Waals surface area contributed by atoms with Gasteiger partial charge >= 0.3 is 0 Å². The maximum Gasteiger partial charge on any atom is 0.293 e. The first kappa shape index (κ1) is 24.2. The van der Waals surface area contributed by atoms with E-state index in [9.17, 15) is 9.59 Å². The SMILES string of the molecule is Cc1cccc(OCCN2C(=O)S/C(=C\c3cc(Cl)cc(Cl)c3OCc3ccccc3)C2=O)c1.